The molecule has 27 heavy (non-hydrogen) atoms. The van der Waals surface area contributed by atoms with Gasteiger partial charge in [-0.05, 0) is 43.5 Å². The van der Waals surface area contributed by atoms with Gasteiger partial charge in [-0.1, -0.05) is 30.3 Å². The third kappa shape index (κ3) is 5.47. The monoisotopic (exact) mass is 369 g/mol. The maximum Gasteiger partial charge on any atom is 0.278 e. The van der Waals surface area contributed by atoms with E-state index >= 15 is 0 Å². The predicted octanol–water partition coefficient (Wildman–Crippen LogP) is 1.96. The van der Waals surface area contributed by atoms with Crippen molar-refractivity contribution in [3.8, 4) is 11.5 Å². The van der Waals surface area contributed by atoms with E-state index in [9.17, 15) is 4.79 Å². The summed E-state index contributed by atoms with van der Waals surface area (Å²) in [5, 5.41) is 3.08. The maximum absolute atomic E-state index is 12.2. The van der Waals surface area contributed by atoms with Crippen molar-refractivity contribution in [1.29, 1.82) is 0 Å². The number of nitrogens with one attached hydrogen (secondary N) is 2. The molecule has 1 fully saturated rings. The summed E-state index contributed by atoms with van der Waals surface area (Å²) >= 11 is 0. The Morgan fingerprint density at radius 1 is 1.15 bits per heavy atom. The second kappa shape index (κ2) is 8.91. The van der Waals surface area contributed by atoms with Crippen molar-refractivity contribution in [2.24, 2.45) is 0 Å². The van der Waals surface area contributed by atoms with E-state index in [1.165, 1.54) is 0 Å². The van der Waals surface area contributed by atoms with E-state index in [4.69, 9.17) is 9.47 Å². The molecular formula is C22H29N2O3+. The summed E-state index contributed by atoms with van der Waals surface area (Å²) in [6.07, 6.45) is 2.22. The lowest BCUT2D eigenvalue weighted by Gasteiger charge is -2.21. The Kier molecular flexibility index (Phi) is 6.35. The first-order valence-electron chi connectivity index (χ1n) is 9.53. The van der Waals surface area contributed by atoms with Crippen molar-refractivity contribution >= 4 is 5.91 Å². The molecule has 0 aliphatic heterocycles. The summed E-state index contributed by atoms with van der Waals surface area (Å²) in [5.74, 6) is 1.57. The molecule has 0 bridgehead atoms. The Morgan fingerprint density at radius 2 is 1.89 bits per heavy atom. The zero-order valence-corrected chi connectivity index (χ0v) is 16.3. The van der Waals surface area contributed by atoms with Gasteiger partial charge in [0.1, 0.15) is 13.2 Å². The highest BCUT2D eigenvalue weighted by molar-refractivity contribution is 5.80. The third-order valence-corrected chi connectivity index (χ3v) is 5.00. The number of likely N-dealkylation sites (N-methyl/N-ethyl adjacent to an activating group) is 1. The van der Waals surface area contributed by atoms with Crippen LogP contribution in [-0.4, -0.2) is 32.1 Å². The zero-order chi connectivity index (χ0) is 19.2. The average Bonchev–Trinajstić information content (AvgIpc) is 3.50. The number of carbonyl (C=O) groups is 1. The second-order valence-corrected chi connectivity index (χ2v) is 7.29. The predicted molar refractivity (Wildman–Crippen MR) is 105 cm³/mol. The van der Waals surface area contributed by atoms with E-state index < -0.39 is 0 Å². The Labute approximate surface area is 161 Å². The molecule has 2 N–H and O–H groups in total. The summed E-state index contributed by atoms with van der Waals surface area (Å²) in [5.41, 5.74) is 2.23. The maximum atomic E-state index is 12.2. The van der Waals surface area contributed by atoms with Crippen LogP contribution in [0.4, 0.5) is 0 Å². The average molecular weight is 369 g/mol. The summed E-state index contributed by atoms with van der Waals surface area (Å²) in [4.78, 5) is 13.4. The molecule has 144 valence electrons. The highest BCUT2D eigenvalue weighted by Gasteiger charge is 2.29. The number of rotatable bonds is 9. The van der Waals surface area contributed by atoms with Gasteiger partial charge in [-0.3, -0.25) is 4.79 Å². The smallest absolute Gasteiger partial charge is 0.278 e. The molecule has 1 aliphatic rings. The quantitative estimate of drug-likeness (QED) is 0.710. The highest BCUT2D eigenvalue weighted by Crippen LogP contribution is 2.28. The molecule has 1 saturated carbocycles. The second-order valence-electron chi connectivity index (χ2n) is 7.29. The van der Waals surface area contributed by atoms with Gasteiger partial charge in [-0.2, -0.15) is 0 Å². The van der Waals surface area contributed by atoms with E-state index in [1.807, 2.05) is 62.5 Å². The Morgan fingerprint density at radius 3 is 2.56 bits per heavy atom. The van der Waals surface area contributed by atoms with Crippen LogP contribution in [0.3, 0.4) is 0 Å². The standard InChI is InChI=1S/C22H28N2O3/c1-16(22(25)23-19-10-11-19)24(2)14-18-9-12-20(21(13-18)26-3)27-15-17-7-5-4-6-8-17/h4-9,12-13,16,19H,10-11,14-15H2,1-3H3,(H,23,25)/p+1/t16-/m0/s1. The fourth-order valence-electron chi connectivity index (χ4n) is 2.93. The van der Waals surface area contributed by atoms with E-state index in [0.29, 0.717) is 18.4 Å². The SMILES string of the molecule is COc1cc(C[NH+](C)[C@@H](C)C(=O)NC2CC2)ccc1OCc1ccccc1. The van der Waals surface area contributed by atoms with Crippen molar-refractivity contribution in [1.82, 2.24) is 5.32 Å². The van der Waals surface area contributed by atoms with Crippen LogP contribution >= 0.6 is 0 Å². The molecule has 0 aromatic heterocycles. The fourth-order valence-corrected chi connectivity index (χ4v) is 2.93. The molecule has 0 heterocycles. The lowest BCUT2D eigenvalue weighted by Crippen LogP contribution is -3.12. The molecule has 5 heteroatoms. The molecule has 5 nitrogen and oxygen atoms in total. The number of hydrogen-bond donors (Lipinski definition) is 2. The zero-order valence-electron chi connectivity index (χ0n) is 16.3. The molecule has 1 unspecified atom stereocenters. The van der Waals surface area contributed by atoms with Crippen LogP contribution in [0.1, 0.15) is 30.9 Å². The molecule has 1 aliphatic carbocycles. The molecule has 2 aromatic rings. The lowest BCUT2D eigenvalue weighted by molar-refractivity contribution is -0.908. The van der Waals surface area contributed by atoms with Crippen LogP contribution in [0.15, 0.2) is 48.5 Å². The fraction of sp³-hybridized carbons (Fsp3) is 0.409. The third-order valence-electron chi connectivity index (χ3n) is 5.00. The van der Waals surface area contributed by atoms with Gasteiger partial charge < -0.3 is 19.7 Å². The number of ether oxygens (including phenoxy) is 2. The number of methoxy groups -OCH3 is 1. The van der Waals surface area contributed by atoms with Gasteiger partial charge in [0.05, 0.1) is 14.2 Å². The highest BCUT2D eigenvalue weighted by atomic mass is 16.5. The van der Waals surface area contributed by atoms with Gasteiger partial charge in [0.25, 0.3) is 5.91 Å². The topological polar surface area (TPSA) is 52.0 Å². The largest absolute Gasteiger partial charge is 0.493 e. The van der Waals surface area contributed by atoms with Gasteiger partial charge in [-0.15, -0.1) is 0 Å². The van der Waals surface area contributed by atoms with Crippen molar-refractivity contribution in [3.63, 3.8) is 0 Å². The van der Waals surface area contributed by atoms with Crippen LogP contribution in [-0.2, 0) is 17.9 Å². The van der Waals surface area contributed by atoms with Crippen molar-refractivity contribution in [2.45, 2.75) is 45.0 Å². The minimum absolute atomic E-state index is 0.0920. The molecule has 3 rings (SSSR count). The van der Waals surface area contributed by atoms with Crippen LogP contribution in [0, 0.1) is 0 Å². The minimum atomic E-state index is -0.0920. The molecule has 2 atom stereocenters. The number of carbonyl (C=O) groups excluding carboxylic acids is 1. The first-order chi connectivity index (χ1) is 13.1. The Balaban J connectivity index is 1.59. The van der Waals surface area contributed by atoms with Gasteiger partial charge in [0.2, 0.25) is 0 Å². The van der Waals surface area contributed by atoms with Crippen LogP contribution in [0.5, 0.6) is 11.5 Å². The molecule has 0 saturated heterocycles. The Bertz CT molecular complexity index is 759. The van der Waals surface area contributed by atoms with E-state index in [-0.39, 0.29) is 11.9 Å². The van der Waals surface area contributed by atoms with E-state index in [1.54, 1.807) is 7.11 Å². The van der Waals surface area contributed by atoms with Crippen LogP contribution < -0.4 is 19.7 Å². The molecule has 1 amide bonds. The lowest BCUT2D eigenvalue weighted by atomic mass is 10.1. The van der Waals surface area contributed by atoms with Crippen molar-refractivity contribution < 1.29 is 19.2 Å². The Hall–Kier alpha value is -2.53. The molecule has 0 spiro atoms. The summed E-state index contributed by atoms with van der Waals surface area (Å²) < 4.78 is 11.4. The summed E-state index contributed by atoms with van der Waals surface area (Å²) in [7, 11) is 3.69. The van der Waals surface area contributed by atoms with Gasteiger partial charge in [0.15, 0.2) is 17.5 Å². The number of amides is 1. The van der Waals surface area contributed by atoms with Crippen molar-refractivity contribution in [2.75, 3.05) is 14.2 Å². The van der Waals surface area contributed by atoms with E-state index in [0.717, 1.165) is 41.2 Å². The number of benzene rings is 2. The van der Waals surface area contributed by atoms with E-state index in [2.05, 4.69) is 5.32 Å². The van der Waals surface area contributed by atoms with Gasteiger partial charge in [0, 0.05) is 11.6 Å². The summed E-state index contributed by atoms with van der Waals surface area (Å²) in [6.45, 7) is 3.22. The molecular weight excluding hydrogens is 340 g/mol. The van der Waals surface area contributed by atoms with Crippen LogP contribution in [0.2, 0.25) is 0 Å². The minimum Gasteiger partial charge on any atom is -0.493 e. The number of quaternary nitrogens is 1. The first-order valence-corrected chi connectivity index (χ1v) is 9.53. The first kappa shape index (κ1) is 19.2. The van der Waals surface area contributed by atoms with Gasteiger partial charge in [-0.25, -0.2) is 0 Å². The molecule has 0 radical (unpaired) electrons. The van der Waals surface area contributed by atoms with Crippen LogP contribution in [0.25, 0.3) is 0 Å². The summed E-state index contributed by atoms with van der Waals surface area (Å²) in [6, 6.07) is 16.3. The van der Waals surface area contributed by atoms with Crippen molar-refractivity contribution in [3.05, 3.63) is 59.7 Å². The number of hydrogen-bond acceptors (Lipinski definition) is 3. The normalized spacial score (nSPS) is 15.7. The molecule has 2 aromatic carbocycles. The van der Waals surface area contributed by atoms with Gasteiger partial charge >= 0.3 is 0 Å².